The van der Waals surface area contributed by atoms with E-state index in [0.29, 0.717) is 38.0 Å². The molecule has 7 nitrogen and oxygen atoms in total. The first-order valence-corrected chi connectivity index (χ1v) is 9.93. The number of nitrogens with zero attached hydrogens (tertiary/aromatic N) is 3. The minimum Gasteiger partial charge on any atom is -0.439 e. The number of piperazine rings is 1. The van der Waals surface area contributed by atoms with E-state index in [4.69, 9.17) is 13.9 Å². The molecule has 2 aliphatic heterocycles. The van der Waals surface area contributed by atoms with Crippen molar-refractivity contribution in [2.75, 3.05) is 52.6 Å². The Kier molecular flexibility index (Phi) is 6.36. The molecule has 3 heterocycles. The second-order valence-electron chi connectivity index (χ2n) is 7.39. The van der Waals surface area contributed by atoms with E-state index in [-0.39, 0.29) is 12.5 Å². The van der Waals surface area contributed by atoms with Gasteiger partial charge in [0.2, 0.25) is 11.8 Å². The SMILES string of the molecule is O=C(COCC1CCOC1)N1CCN(Cc2ncc(-c3ccccc3)o2)CC1. The lowest BCUT2D eigenvalue weighted by Crippen LogP contribution is -2.49. The van der Waals surface area contributed by atoms with Gasteiger partial charge >= 0.3 is 0 Å². The van der Waals surface area contributed by atoms with Gasteiger partial charge in [-0.1, -0.05) is 30.3 Å². The Balaban J connectivity index is 1.19. The predicted octanol–water partition coefficient (Wildman–Crippen LogP) is 2.04. The van der Waals surface area contributed by atoms with Crippen molar-refractivity contribution in [2.24, 2.45) is 5.92 Å². The zero-order valence-corrected chi connectivity index (χ0v) is 16.1. The van der Waals surface area contributed by atoms with Crippen LogP contribution < -0.4 is 0 Å². The fraction of sp³-hybridized carbons (Fsp3) is 0.524. The van der Waals surface area contributed by atoms with Crippen molar-refractivity contribution >= 4 is 5.91 Å². The first kappa shape index (κ1) is 19.1. The van der Waals surface area contributed by atoms with Crippen LogP contribution in [0.4, 0.5) is 0 Å². The molecule has 2 fully saturated rings. The Hall–Kier alpha value is -2.22. The zero-order chi connectivity index (χ0) is 19.2. The molecular formula is C21H27N3O4. The predicted molar refractivity (Wildman–Crippen MR) is 104 cm³/mol. The highest BCUT2D eigenvalue weighted by molar-refractivity contribution is 5.77. The minimum atomic E-state index is 0.0704. The lowest BCUT2D eigenvalue weighted by Gasteiger charge is -2.34. The van der Waals surface area contributed by atoms with Crippen LogP contribution in [0.25, 0.3) is 11.3 Å². The van der Waals surface area contributed by atoms with Gasteiger partial charge < -0.3 is 18.8 Å². The number of rotatable bonds is 7. The number of benzene rings is 1. The van der Waals surface area contributed by atoms with Crippen molar-refractivity contribution in [3.63, 3.8) is 0 Å². The van der Waals surface area contributed by atoms with Gasteiger partial charge in [-0.2, -0.15) is 0 Å². The first-order chi connectivity index (χ1) is 13.8. The molecule has 0 radical (unpaired) electrons. The maximum absolute atomic E-state index is 12.3. The van der Waals surface area contributed by atoms with Gasteiger partial charge in [0.05, 0.1) is 26.0 Å². The highest BCUT2D eigenvalue weighted by Gasteiger charge is 2.23. The van der Waals surface area contributed by atoms with Crippen molar-refractivity contribution < 1.29 is 18.7 Å². The number of carbonyl (C=O) groups excluding carboxylic acids is 1. The number of ether oxygens (including phenoxy) is 2. The van der Waals surface area contributed by atoms with Gasteiger partial charge in [-0.25, -0.2) is 4.98 Å². The standard InChI is InChI=1S/C21H27N3O4/c25-21(16-27-15-17-6-11-26-14-17)24-9-7-23(8-10-24)13-20-22-12-19(28-20)18-4-2-1-3-5-18/h1-5,12,17H,6-11,13-16H2. The van der Waals surface area contributed by atoms with E-state index in [1.54, 1.807) is 6.20 Å². The molecule has 4 rings (SSSR count). The minimum absolute atomic E-state index is 0.0704. The van der Waals surface area contributed by atoms with Gasteiger partial charge in [-0.05, 0) is 6.42 Å². The van der Waals surface area contributed by atoms with Crippen molar-refractivity contribution in [1.29, 1.82) is 0 Å². The monoisotopic (exact) mass is 385 g/mol. The zero-order valence-electron chi connectivity index (χ0n) is 16.1. The summed E-state index contributed by atoms with van der Waals surface area (Å²) in [5, 5.41) is 0. The Morgan fingerprint density at radius 3 is 2.75 bits per heavy atom. The van der Waals surface area contributed by atoms with Crippen LogP contribution in [0.2, 0.25) is 0 Å². The lowest BCUT2D eigenvalue weighted by molar-refractivity contribution is -0.138. The normalized spacial score (nSPS) is 20.6. The molecule has 0 aliphatic carbocycles. The van der Waals surface area contributed by atoms with Gasteiger partial charge in [0.25, 0.3) is 0 Å². The molecule has 1 unspecified atom stereocenters. The van der Waals surface area contributed by atoms with Crippen LogP contribution in [0.15, 0.2) is 40.9 Å². The smallest absolute Gasteiger partial charge is 0.248 e. The summed E-state index contributed by atoms with van der Waals surface area (Å²) in [5.74, 6) is 2.00. The summed E-state index contributed by atoms with van der Waals surface area (Å²) >= 11 is 0. The van der Waals surface area contributed by atoms with E-state index in [1.807, 2.05) is 35.2 Å². The average Bonchev–Trinajstić information content (AvgIpc) is 3.41. The highest BCUT2D eigenvalue weighted by Crippen LogP contribution is 2.20. The number of oxazole rings is 1. The summed E-state index contributed by atoms with van der Waals surface area (Å²) < 4.78 is 16.8. The molecule has 2 aromatic rings. The Labute approximate surface area is 165 Å². The number of hydrogen-bond acceptors (Lipinski definition) is 6. The molecule has 0 N–H and O–H groups in total. The van der Waals surface area contributed by atoms with Crippen LogP contribution in [-0.4, -0.2) is 73.3 Å². The third-order valence-electron chi connectivity index (χ3n) is 5.30. The topological polar surface area (TPSA) is 68.0 Å². The first-order valence-electron chi connectivity index (χ1n) is 9.93. The van der Waals surface area contributed by atoms with E-state index in [0.717, 1.165) is 44.0 Å². The van der Waals surface area contributed by atoms with Gasteiger partial charge in [-0.3, -0.25) is 9.69 Å². The Bertz CT molecular complexity index is 750. The summed E-state index contributed by atoms with van der Waals surface area (Å²) in [5.41, 5.74) is 1.03. The molecule has 28 heavy (non-hydrogen) atoms. The number of aromatic nitrogens is 1. The van der Waals surface area contributed by atoms with Crippen LogP contribution >= 0.6 is 0 Å². The molecule has 2 saturated heterocycles. The Morgan fingerprint density at radius 2 is 2.00 bits per heavy atom. The maximum atomic E-state index is 12.3. The molecule has 150 valence electrons. The highest BCUT2D eigenvalue weighted by atomic mass is 16.5. The molecule has 2 aliphatic rings. The largest absolute Gasteiger partial charge is 0.439 e. The maximum Gasteiger partial charge on any atom is 0.248 e. The summed E-state index contributed by atoms with van der Waals surface area (Å²) in [6.07, 6.45) is 2.80. The van der Waals surface area contributed by atoms with Crippen molar-refractivity contribution in [3.05, 3.63) is 42.4 Å². The third-order valence-corrected chi connectivity index (χ3v) is 5.30. The van der Waals surface area contributed by atoms with E-state index in [9.17, 15) is 4.79 Å². The van der Waals surface area contributed by atoms with Gasteiger partial charge in [0.1, 0.15) is 6.61 Å². The van der Waals surface area contributed by atoms with Gasteiger partial charge in [0.15, 0.2) is 5.76 Å². The second-order valence-corrected chi connectivity index (χ2v) is 7.39. The van der Waals surface area contributed by atoms with Crippen molar-refractivity contribution in [3.8, 4) is 11.3 Å². The van der Waals surface area contributed by atoms with E-state index >= 15 is 0 Å². The van der Waals surface area contributed by atoms with E-state index in [2.05, 4.69) is 9.88 Å². The average molecular weight is 385 g/mol. The van der Waals surface area contributed by atoms with Crippen LogP contribution in [0, 0.1) is 5.92 Å². The molecule has 0 spiro atoms. The molecule has 1 amide bonds. The number of hydrogen-bond donors (Lipinski definition) is 0. The fourth-order valence-electron chi connectivity index (χ4n) is 3.58. The van der Waals surface area contributed by atoms with Crippen LogP contribution in [0.3, 0.4) is 0 Å². The summed E-state index contributed by atoms with van der Waals surface area (Å²) in [6, 6.07) is 9.97. The summed E-state index contributed by atoms with van der Waals surface area (Å²) in [4.78, 5) is 20.9. The van der Waals surface area contributed by atoms with Crippen molar-refractivity contribution in [1.82, 2.24) is 14.8 Å². The molecule has 1 aromatic carbocycles. The molecule has 0 bridgehead atoms. The molecule has 1 atom stereocenters. The molecule has 1 aromatic heterocycles. The second kappa shape index (κ2) is 9.32. The third kappa shape index (κ3) is 4.98. The van der Waals surface area contributed by atoms with Crippen LogP contribution in [0.1, 0.15) is 12.3 Å². The van der Waals surface area contributed by atoms with E-state index in [1.165, 1.54) is 0 Å². The van der Waals surface area contributed by atoms with E-state index < -0.39 is 0 Å². The molecular weight excluding hydrogens is 358 g/mol. The summed E-state index contributed by atoms with van der Waals surface area (Å²) in [7, 11) is 0. The van der Waals surface area contributed by atoms with Crippen LogP contribution in [-0.2, 0) is 20.8 Å². The number of amides is 1. The number of carbonyl (C=O) groups is 1. The lowest BCUT2D eigenvalue weighted by atomic mass is 10.1. The molecule has 0 saturated carbocycles. The summed E-state index contributed by atoms with van der Waals surface area (Å²) in [6.45, 7) is 6.03. The van der Waals surface area contributed by atoms with Gasteiger partial charge in [-0.15, -0.1) is 0 Å². The van der Waals surface area contributed by atoms with Gasteiger partial charge in [0, 0.05) is 44.3 Å². The molecule has 7 heteroatoms. The van der Waals surface area contributed by atoms with Crippen LogP contribution in [0.5, 0.6) is 0 Å². The van der Waals surface area contributed by atoms with Crippen molar-refractivity contribution in [2.45, 2.75) is 13.0 Å². The fourth-order valence-corrected chi connectivity index (χ4v) is 3.58. The Morgan fingerprint density at radius 1 is 1.18 bits per heavy atom. The quantitative estimate of drug-likeness (QED) is 0.727.